The average molecular weight is 637 g/mol. The maximum atomic E-state index is 13.5. The van der Waals surface area contributed by atoms with Gasteiger partial charge in [0.25, 0.3) is 0 Å². The van der Waals surface area contributed by atoms with Crippen LogP contribution in [0.3, 0.4) is 0 Å². The number of Topliss-reactive ketones (excluding diaryl/α,β-unsaturated/α-hetero) is 1. The molecule has 5 aliphatic rings. The van der Waals surface area contributed by atoms with Gasteiger partial charge in [-0.05, 0) is 99.7 Å². The SMILES string of the molecule is CC(C)=CCC[C@@](C)(O)[C@H]1CC[C@]2(C)[C@@H]1[C@H](O)C[C@@H]1[C@@]3(C)CCC(=O)C(C)(C)[C@@H]3[C@@H](O[C@@H]3O[C@H](CO)[C@@H](O)[C@H](O)[C@H]3O)C[C@]12C. The number of fused-ring (bicyclic) bond motifs is 5. The summed E-state index contributed by atoms with van der Waals surface area (Å²) in [5.74, 6) is -0.201. The van der Waals surface area contributed by atoms with Crippen LogP contribution in [0.15, 0.2) is 11.6 Å². The van der Waals surface area contributed by atoms with E-state index in [9.17, 15) is 35.4 Å². The van der Waals surface area contributed by atoms with Gasteiger partial charge >= 0.3 is 0 Å². The van der Waals surface area contributed by atoms with Gasteiger partial charge < -0.3 is 40.1 Å². The van der Waals surface area contributed by atoms with Crippen LogP contribution in [-0.2, 0) is 14.3 Å². The first-order valence-corrected chi connectivity index (χ1v) is 17.3. The predicted molar refractivity (Wildman–Crippen MR) is 169 cm³/mol. The Morgan fingerprint density at radius 2 is 1.69 bits per heavy atom. The zero-order chi connectivity index (χ0) is 33.5. The molecule has 4 saturated carbocycles. The zero-order valence-electron chi connectivity index (χ0n) is 28.7. The number of carbonyl (C=O) groups excluding carboxylic acids is 1. The van der Waals surface area contributed by atoms with Crippen LogP contribution in [0.4, 0.5) is 0 Å². The molecule has 0 aromatic carbocycles. The molecule has 1 saturated heterocycles. The number of ketones is 1. The number of ether oxygens (including phenoxy) is 2. The number of allylic oxidation sites excluding steroid dienone is 2. The molecule has 45 heavy (non-hydrogen) atoms. The Morgan fingerprint density at radius 3 is 2.31 bits per heavy atom. The largest absolute Gasteiger partial charge is 0.394 e. The van der Waals surface area contributed by atoms with E-state index in [0.717, 1.165) is 19.3 Å². The van der Waals surface area contributed by atoms with E-state index in [0.29, 0.717) is 32.1 Å². The highest BCUT2D eigenvalue weighted by molar-refractivity contribution is 5.85. The third-order valence-corrected chi connectivity index (χ3v) is 14.2. The second kappa shape index (κ2) is 11.9. The van der Waals surface area contributed by atoms with Crippen molar-refractivity contribution in [2.75, 3.05) is 6.61 Å². The molecular weight excluding hydrogens is 576 g/mol. The van der Waals surface area contributed by atoms with Crippen molar-refractivity contribution in [1.82, 2.24) is 0 Å². The fourth-order valence-corrected chi connectivity index (χ4v) is 11.7. The molecule has 1 heterocycles. The Kier molecular flexibility index (Phi) is 9.36. The summed E-state index contributed by atoms with van der Waals surface area (Å²) in [4.78, 5) is 13.5. The molecule has 4 aliphatic carbocycles. The lowest BCUT2D eigenvalue weighted by Gasteiger charge is -2.71. The van der Waals surface area contributed by atoms with E-state index in [1.165, 1.54) is 5.57 Å². The fraction of sp³-hybridized carbons (Fsp3) is 0.917. The lowest BCUT2D eigenvalue weighted by Crippen LogP contribution is -2.70. The van der Waals surface area contributed by atoms with Gasteiger partial charge in [0.1, 0.15) is 30.2 Å². The smallest absolute Gasteiger partial charge is 0.186 e. The topological polar surface area (TPSA) is 157 Å². The maximum absolute atomic E-state index is 13.5. The second-order valence-corrected chi connectivity index (χ2v) is 17.2. The summed E-state index contributed by atoms with van der Waals surface area (Å²) >= 11 is 0. The molecule has 5 rings (SSSR count). The molecule has 6 N–H and O–H groups in total. The van der Waals surface area contributed by atoms with Crippen molar-refractivity contribution in [3.63, 3.8) is 0 Å². The van der Waals surface area contributed by atoms with Crippen LogP contribution in [0.1, 0.15) is 107 Å². The third kappa shape index (κ3) is 5.40. The van der Waals surface area contributed by atoms with Crippen molar-refractivity contribution in [2.24, 2.45) is 45.3 Å². The molecule has 5 fully saturated rings. The predicted octanol–water partition coefficient (Wildman–Crippen LogP) is 3.50. The van der Waals surface area contributed by atoms with Crippen molar-refractivity contribution >= 4 is 5.78 Å². The summed E-state index contributed by atoms with van der Waals surface area (Å²) in [7, 11) is 0. The van der Waals surface area contributed by atoms with Crippen LogP contribution in [0, 0.1) is 45.3 Å². The van der Waals surface area contributed by atoms with E-state index in [4.69, 9.17) is 9.47 Å². The van der Waals surface area contributed by atoms with Gasteiger partial charge in [0, 0.05) is 17.8 Å². The monoisotopic (exact) mass is 636 g/mol. The molecule has 1 aliphatic heterocycles. The molecule has 9 nitrogen and oxygen atoms in total. The van der Waals surface area contributed by atoms with E-state index >= 15 is 0 Å². The molecule has 0 amide bonds. The summed E-state index contributed by atoms with van der Waals surface area (Å²) in [6.07, 6.45) is -0.643. The summed E-state index contributed by atoms with van der Waals surface area (Å²) in [5.41, 5.74) is -1.53. The Bertz CT molecular complexity index is 1150. The molecule has 0 spiro atoms. The highest BCUT2D eigenvalue weighted by Crippen LogP contribution is 2.76. The highest BCUT2D eigenvalue weighted by atomic mass is 16.7. The molecular formula is C36H60O9. The van der Waals surface area contributed by atoms with Crippen molar-refractivity contribution in [3.05, 3.63) is 11.6 Å². The van der Waals surface area contributed by atoms with Gasteiger partial charge in [-0.2, -0.15) is 0 Å². The molecule has 15 atom stereocenters. The zero-order valence-corrected chi connectivity index (χ0v) is 28.7. The normalized spacial score (nSPS) is 50.6. The van der Waals surface area contributed by atoms with E-state index in [1.54, 1.807) is 0 Å². The second-order valence-electron chi connectivity index (χ2n) is 17.2. The number of hydrogen-bond donors (Lipinski definition) is 6. The van der Waals surface area contributed by atoms with Crippen LogP contribution >= 0.6 is 0 Å². The van der Waals surface area contributed by atoms with Gasteiger partial charge in [-0.25, -0.2) is 0 Å². The summed E-state index contributed by atoms with van der Waals surface area (Å²) in [5, 5.41) is 65.8. The van der Waals surface area contributed by atoms with Crippen LogP contribution in [0.5, 0.6) is 0 Å². The molecule has 0 radical (unpaired) electrons. The van der Waals surface area contributed by atoms with Crippen LogP contribution in [0.25, 0.3) is 0 Å². The fourth-order valence-electron chi connectivity index (χ4n) is 11.7. The van der Waals surface area contributed by atoms with Gasteiger partial charge in [-0.15, -0.1) is 0 Å². The quantitative estimate of drug-likeness (QED) is 0.182. The minimum atomic E-state index is -1.56. The first-order valence-electron chi connectivity index (χ1n) is 17.3. The Balaban J connectivity index is 1.54. The average Bonchev–Trinajstić information content (AvgIpc) is 3.33. The van der Waals surface area contributed by atoms with Gasteiger partial charge in [-0.1, -0.05) is 46.3 Å². The molecule has 0 aromatic heterocycles. The number of aliphatic hydroxyl groups excluding tert-OH is 5. The van der Waals surface area contributed by atoms with E-state index in [-0.39, 0.29) is 45.7 Å². The van der Waals surface area contributed by atoms with Crippen molar-refractivity contribution in [2.45, 2.75) is 155 Å². The minimum absolute atomic E-state index is 0.0689. The molecule has 0 bridgehead atoms. The summed E-state index contributed by atoms with van der Waals surface area (Å²) < 4.78 is 12.6. The lowest BCUT2D eigenvalue weighted by molar-refractivity contribution is -0.340. The van der Waals surface area contributed by atoms with E-state index in [1.807, 2.05) is 20.8 Å². The highest BCUT2D eigenvalue weighted by Gasteiger charge is 2.73. The van der Waals surface area contributed by atoms with Gasteiger partial charge in [0.05, 0.1) is 24.4 Å². The van der Waals surface area contributed by atoms with Crippen molar-refractivity contribution < 1.29 is 44.9 Å². The molecule has 258 valence electrons. The van der Waals surface area contributed by atoms with Gasteiger partial charge in [-0.3, -0.25) is 4.79 Å². The Hall–Kier alpha value is -0.910. The summed E-state index contributed by atoms with van der Waals surface area (Å²) in [6, 6.07) is 0. The molecule has 9 heteroatoms. The number of aliphatic hydroxyl groups is 6. The van der Waals surface area contributed by atoms with Crippen LogP contribution in [-0.4, -0.2) is 91.5 Å². The first-order chi connectivity index (χ1) is 20.8. The van der Waals surface area contributed by atoms with Crippen LogP contribution < -0.4 is 0 Å². The number of hydrogen-bond acceptors (Lipinski definition) is 9. The van der Waals surface area contributed by atoms with Crippen molar-refractivity contribution in [1.29, 1.82) is 0 Å². The number of rotatable bonds is 7. The van der Waals surface area contributed by atoms with Gasteiger partial charge in [0.15, 0.2) is 6.29 Å². The van der Waals surface area contributed by atoms with Gasteiger partial charge in [0.2, 0.25) is 0 Å². The summed E-state index contributed by atoms with van der Waals surface area (Å²) in [6.45, 7) is 16.3. The standard InChI is InChI=1S/C36H60O9/c1-19(2)10-9-13-36(8,43)20-11-15-34(6)26(20)21(38)16-24-33(5)14-12-25(39)32(3,4)30(33)22(17-35(24,34)7)44-31-29(42)28(41)27(40)23(18-37)45-31/h10,20-24,26-31,37-38,40-43H,9,11-18H2,1-8H3/t20-,21+,22-,23+,24+,26-,27+,28-,29+,30-,31+,33+,34+,35+,36+/m0/s1. The van der Waals surface area contributed by atoms with E-state index in [2.05, 4.69) is 40.7 Å². The maximum Gasteiger partial charge on any atom is 0.186 e. The number of carbonyl (C=O) groups is 1. The first kappa shape index (κ1) is 35.4. The van der Waals surface area contributed by atoms with Crippen LogP contribution in [0.2, 0.25) is 0 Å². The minimum Gasteiger partial charge on any atom is -0.394 e. The Labute approximate surface area is 269 Å². The molecule has 0 unspecified atom stereocenters. The third-order valence-electron chi connectivity index (χ3n) is 14.2. The van der Waals surface area contributed by atoms with E-state index < -0.39 is 60.5 Å². The lowest BCUT2D eigenvalue weighted by atomic mass is 9.34. The Morgan fingerprint density at radius 1 is 1.02 bits per heavy atom. The van der Waals surface area contributed by atoms with Crippen molar-refractivity contribution in [3.8, 4) is 0 Å². The molecule has 0 aromatic rings.